The summed E-state index contributed by atoms with van der Waals surface area (Å²) in [6.45, 7) is 0. The number of nitrogens with one attached hydrogen (secondary N) is 1. The number of fused-ring (bicyclic) bond motifs is 1. The van der Waals surface area contributed by atoms with Crippen LogP contribution in [-0.4, -0.2) is 31.0 Å². The van der Waals surface area contributed by atoms with Gasteiger partial charge in [-0.1, -0.05) is 35.6 Å². The molecule has 1 aliphatic rings. The summed E-state index contributed by atoms with van der Waals surface area (Å²) >= 11 is 1.42. The van der Waals surface area contributed by atoms with E-state index >= 15 is 0 Å². The van der Waals surface area contributed by atoms with Crippen LogP contribution in [0.1, 0.15) is 18.0 Å². The van der Waals surface area contributed by atoms with E-state index in [1.807, 2.05) is 72.8 Å². The van der Waals surface area contributed by atoms with Gasteiger partial charge in [0.25, 0.3) is 0 Å². The predicted octanol–water partition coefficient (Wildman–Crippen LogP) is 5.05. The molecule has 4 aromatic rings. The van der Waals surface area contributed by atoms with Gasteiger partial charge in [0.15, 0.2) is 5.13 Å². The molecule has 2 amide bonds. The van der Waals surface area contributed by atoms with E-state index in [1.165, 1.54) is 11.3 Å². The number of nitrogens with zero attached hydrogens (tertiary/aromatic N) is 2. The van der Waals surface area contributed by atoms with Crippen molar-refractivity contribution in [3.63, 3.8) is 0 Å². The van der Waals surface area contributed by atoms with Gasteiger partial charge in [-0.3, -0.25) is 9.59 Å². The molecule has 34 heavy (non-hydrogen) atoms. The highest BCUT2D eigenvalue weighted by Crippen LogP contribution is 2.43. The van der Waals surface area contributed by atoms with Crippen LogP contribution in [0.5, 0.6) is 11.5 Å². The van der Waals surface area contributed by atoms with Gasteiger partial charge in [0.05, 0.1) is 36.4 Å². The Balaban J connectivity index is 1.49. The van der Waals surface area contributed by atoms with Crippen LogP contribution in [0.15, 0.2) is 72.8 Å². The van der Waals surface area contributed by atoms with Crippen molar-refractivity contribution < 1.29 is 19.1 Å². The summed E-state index contributed by atoms with van der Waals surface area (Å²) < 4.78 is 11.5. The van der Waals surface area contributed by atoms with Crippen molar-refractivity contribution >= 4 is 44.2 Å². The highest BCUT2D eigenvalue weighted by atomic mass is 32.1. The van der Waals surface area contributed by atoms with E-state index in [4.69, 9.17) is 9.47 Å². The number of carbonyl (C=O) groups is 2. The Morgan fingerprint density at radius 3 is 2.26 bits per heavy atom. The number of ether oxygens (including phenoxy) is 2. The number of anilines is 2. The van der Waals surface area contributed by atoms with Crippen molar-refractivity contribution in [1.82, 2.24) is 4.98 Å². The van der Waals surface area contributed by atoms with Crippen molar-refractivity contribution in [3.05, 3.63) is 78.4 Å². The smallest absolute Gasteiger partial charge is 0.232 e. The molecule has 8 heteroatoms. The monoisotopic (exact) mass is 473 g/mol. The van der Waals surface area contributed by atoms with Gasteiger partial charge in [-0.05, 0) is 54.1 Å². The van der Waals surface area contributed by atoms with Crippen LogP contribution < -0.4 is 19.7 Å². The molecule has 1 fully saturated rings. The average Bonchev–Trinajstić information content (AvgIpc) is 3.44. The Morgan fingerprint density at radius 1 is 0.971 bits per heavy atom. The van der Waals surface area contributed by atoms with Gasteiger partial charge in [0.2, 0.25) is 11.8 Å². The molecule has 5 rings (SSSR count). The zero-order chi connectivity index (χ0) is 23.7. The average molecular weight is 474 g/mol. The van der Waals surface area contributed by atoms with Crippen molar-refractivity contribution in [1.29, 1.82) is 0 Å². The molecule has 1 saturated heterocycles. The molecule has 3 aromatic carbocycles. The molecule has 0 saturated carbocycles. The highest BCUT2D eigenvalue weighted by Gasteiger charge is 2.45. The molecule has 7 nitrogen and oxygen atoms in total. The first kappa shape index (κ1) is 21.9. The minimum absolute atomic E-state index is 0.0967. The van der Waals surface area contributed by atoms with E-state index in [1.54, 1.807) is 19.1 Å². The summed E-state index contributed by atoms with van der Waals surface area (Å²) in [6, 6.07) is 22.0. The van der Waals surface area contributed by atoms with Gasteiger partial charge in [-0.25, -0.2) is 4.98 Å². The van der Waals surface area contributed by atoms with Crippen LogP contribution in [0.3, 0.4) is 0 Å². The van der Waals surface area contributed by atoms with Crippen LogP contribution in [0.25, 0.3) is 10.2 Å². The number of amides is 2. The van der Waals surface area contributed by atoms with Crippen LogP contribution >= 0.6 is 11.3 Å². The second-order valence-electron chi connectivity index (χ2n) is 7.97. The van der Waals surface area contributed by atoms with E-state index in [0.29, 0.717) is 22.3 Å². The maximum absolute atomic E-state index is 13.5. The summed E-state index contributed by atoms with van der Waals surface area (Å²) in [4.78, 5) is 32.9. The molecule has 172 valence electrons. The maximum atomic E-state index is 13.5. The number of methoxy groups -OCH3 is 2. The second kappa shape index (κ2) is 9.15. The van der Waals surface area contributed by atoms with Gasteiger partial charge < -0.3 is 19.7 Å². The Bertz CT molecular complexity index is 1300. The fourth-order valence-corrected chi connectivity index (χ4v) is 5.19. The fraction of sp³-hybridized carbons (Fsp3) is 0.192. The third-order valence-corrected chi connectivity index (χ3v) is 6.94. The fourth-order valence-electron chi connectivity index (χ4n) is 4.32. The lowest BCUT2D eigenvalue weighted by Gasteiger charge is -2.28. The van der Waals surface area contributed by atoms with E-state index in [0.717, 1.165) is 15.8 Å². The van der Waals surface area contributed by atoms with Crippen molar-refractivity contribution in [2.45, 2.75) is 12.5 Å². The Labute approximate surface area is 200 Å². The van der Waals surface area contributed by atoms with E-state index in [9.17, 15) is 9.59 Å². The summed E-state index contributed by atoms with van der Waals surface area (Å²) in [5.41, 5.74) is 2.39. The Morgan fingerprint density at radius 2 is 1.62 bits per heavy atom. The van der Waals surface area contributed by atoms with Crippen LogP contribution in [0.2, 0.25) is 0 Å². The molecule has 0 radical (unpaired) electrons. The van der Waals surface area contributed by atoms with Gasteiger partial charge in [-0.2, -0.15) is 0 Å². The number of benzene rings is 3. The van der Waals surface area contributed by atoms with Crippen molar-refractivity contribution in [2.24, 2.45) is 5.92 Å². The van der Waals surface area contributed by atoms with Gasteiger partial charge in [-0.15, -0.1) is 0 Å². The molecular weight excluding hydrogens is 450 g/mol. The Hall–Kier alpha value is -3.91. The standard InChI is InChI=1S/C26H23N3O4S/c1-32-18-11-7-16(8-12-18)24-20(15-23(30)29(24)17-9-13-19(33-2)14-10-17)25(31)28-26-27-21-5-3-4-6-22(21)34-26/h3-14,20,24H,15H2,1-2H3,(H,27,28,31). The lowest BCUT2D eigenvalue weighted by molar-refractivity contribution is -0.122. The summed E-state index contributed by atoms with van der Waals surface area (Å²) in [5.74, 6) is 0.468. The lowest BCUT2D eigenvalue weighted by Crippen LogP contribution is -2.32. The number of rotatable bonds is 6. The zero-order valence-corrected chi connectivity index (χ0v) is 19.5. The van der Waals surface area contributed by atoms with Crippen LogP contribution in [0, 0.1) is 5.92 Å². The minimum atomic E-state index is -0.588. The largest absolute Gasteiger partial charge is 0.497 e. The first-order valence-corrected chi connectivity index (χ1v) is 11.7. The summed E-state index contributed by atoms with van der Waals surface area (Å²) in [5, 5.41) is 3.47. The molecule has 0 spiro atoms. The lowest BCUT2D eigenvalue weighted by atomic mass is 9.92. The number of para-hydroxylation sites is 1. The number of hydrogen-bond acceptors (Lipinski definition) is 6. The topological polar surface area (TPSA) is 80.8 Å². The first-order chi connectivity index (χ1) is 16.6. The number of carbonyl (C=O) groups excluding carboxylic acids is 2. The molecular formula is C26H23N3O4S. The van der Waals surface area contributed by atoms with Gasteiger partial charge in [0.1, 0.15) is 11.5 Å². The molecule has 2 heterocycles. The number of thiazole rings is 1. The number of hydrogen-bond donors (Lipinski definition) is 1. The van der Waals surface area contributed by atoms with Gasteiger partial charge >= 0.3 is 0 Å². The second-order valence-corrected chi connectivity index (χ2v) is 9.00. The SMILES string of the molecule is COc1ccc(C2C(C(=O)Nc3nc4ccccc4s3)CC(=O)N2c2ccc(OC)cc2)cc1. The minimum Gasteiger partial charge on any atom is -0.497 e. The van der Waals surface area contributed by atoms with E-state index in [2.05, 4.69) is 10.3 Å². The highest BCUT2D eigenvalue weighted by molar-refractivity contribution is 7.22. The first-order valence-electron chi connectivity index (χ1n) is 10.8. The summed E-state index contributed by atoms with van der Waals surface area (Å²) in [7, 11) is 3.20. The summed E-state index contributed by atoms with van der Waals surface area (Å²) in [6.07, 6.45) is 0.0967. The quantitative estimate of drug-likeness (QED) is 0.424. The maximum Gasteiger partial charge on any atom is 0.232 e. The molecule has 1 aromatic heterocycles. The van der Waals surface area contributed by atoms with Crippen LogP contribution in [0.4, 0.5) is 10.8 Å². The van der Waals surface area contributed by atoms with Crippen LogP contribution in [-0.2, 0) is 9.59 Å². The molecule has 0 bridgehead atoms. The third kappa shape index (κ3) is 4.08. The third-order valence-electron chi connectivity index (χ3n) is 5.99. The normalized spacial score (nSPS) is 17.7. The van der Waals surface area contributed by atoms with E-state index in [-0.39, 0.29) is 18.2 Å². The van der Waals surface area contributed by atoms with Crippen molar-refractivity contribution in [2.75, 3.05) is 24.4 Å². The van der Waals surface area contributed by atoms with E-state index < -0.39 is 12.0 Å². The zero-order valence-electron chi connectivity index (χ0n) is 18.7. The molecule has 2 unspecified atom stereocenters. The Kier molecular flexibility index (Phi) is 5.90. The predicted molar refractivity (Wildman–Crippen MR) is 133 cm³/mol. The molecule has 1 N–H and O–H groups in total. The van der Waals surface area contributed by atoms with Crippen molar-refractivity contribution in [3.8, 4) is 11.5 Å². The number of aromatic nitrogens is 1. The van der Waals surface area contributed by atoms with Gasteiger partial charge in [0, 0.05) is 12.1 Å². The molecule has 0 aliphatic carbocycles. The molecule has 1 aliphatic heterocycles. The molecule has 2 atom stereocenters.